The van der Waals surface area contributed by atoms with Gasteiger partial charge in [-0.05, 0) is 47.9 Å². The first kappa shape index (κ1) is 37.2. The van der Waals surface area contributed by atoms with Gasteiger partial charge in [0.1, 0.15) is 0 Å². The van der Waals surface area contributed by atoms with E-state index in [1.54, 1.807) is 12.0 Å². The van der Waals surface area contributed by atoms with E-state index in [0.717, 1.165) is 51.3 Å². The van der Waals surface area contributed by atoms with Gasteiger partial charge in [0, 0.05) is 83.4 Å². The molecule has 1 aromatic heterocycles. The van der Waals surface area contributed by atoms with Gasteiger partial charge in [0.05, 0.1) is 23.7 Å². The zero-order valence-corrected chi connectivity index (χ0v) is 30.0. The number of ether oxygens (including phenoxy) is 2. The molecule has 0 radical (unpaired) electrons. The fourth-order valence-electron chi connectivity index (χ4n) is 8.13. The summed E-state index contributed by atoms with van der Waals surface area (Å²) >= 11 is 0. The molecule has 7 nitrogen and oxygen atoms in total. The van der Waals surface area contributed by atoms with Crippen molar-refractivity contribution in [1.29, 1.82) is 0 Å². The van der Waals surface area contributed by atoms with Gasteiger partial charge in [0.15, 0.2) is 0 Å². The number of fused-ring (bicyclic) bond motifs is 1. The Balaban J connectivity index is 1.20. The van der Waals surface area contributed by atoms with Gasteiger partial charge < -0.3 is 14.4 Å². The Morgan fingerprint density at radius 3 is 2.37 bits per heavy atom. The van der Waals surface area contributed by atoms with E-state index in [0.29, 0.717) is 43.9 Å². The summed E-state index contributed by atoms with van der Waals surface area (Å²) in [4.78, 5) is 25.4. The van der Waals surface area contributed by atoms with E-state index in [1.807, 2.05) is 12.1 Å². The van der Waals surface area contributed by atoms with Crippen LogP contribution in [0.2, 0.25) is 0 Å². The lowest BCUT2D eigenvalue weighted by molar-refractivity contribution is -0.143. The number of aromatic nitrogens is 1. The van der Waals surface area contributed by atoms with Crippen molar-refractivity contribution in [3.63, 3.8) is 0 Å². The number of carbonyl (C=O) groups is 1. The van der Waals surface area contributed by atoms with Crippen molar-refractivity contribution in [1.82, 2.24) is 19.7 Å². The molecule has 0 unspecified atom stereocenters. The Kier molecular flexibility index (Phi) is 12.0. The highest BCUT2D eigenvalue weighted by molar-refractivity contribution is 5.86. The van der Waals surface area contributed by atoms with Gasteiger partial charge in [0.2, 0.25) is 5.91 Å². The van der Waals surface area contributed by atoms with Gasteiger partial charge in [-0.1, -0.05) is 86.7 Å². The summed E-state index contributed by atoms with van der Waals surface area (Å²) in [5.74, 6) is -0.0271. The lowest BCUT2D eigenvalue weighted by atomic mass is 9.74. The SMILES string of the molecule is CO[C@@H]1COCC[C@@H]1N(CCCN(Cc1ccccc1)Cc1ccccc1)[C@H]1C=C[C@@](C(=O)N2CCc3ncc(C(F)(F)F)cc3C2)(C(C)C)C1. The number of methoxy groups -OCH3 is 1. The number of pyridine rings is 1. The summed E-state index contributed by atoms with van der Waals surface area (Å²) in [5, 5.41) is 0. The number of nitrogens with zero attached hydrogens (tertiary/aromatic N) is 4. The number of amides is 1. The monoisotopic (exact) mass is 704 g/mol. The second kappa shape index (κ2) is 16.4. The van der Waals surface area contributed by atoms with E-state index in [-0.39, 0.29) is 36.6 Å². The fourth-order valence-corrected chi connectivity index (χ4v) is 8.13. The average molecular weight is 705 g/mol. The van der Waals surface area contributed by atoms with Gasteiger partial charge in [-0.2, -0.15) is 13.2 Å². The van der Waals surface area contributed by atoms with Gasteiger partial charge in [-0.3, -0.25) is 19.6 Å². The molecular weight excluding hydrogens is 653 g/mol. The molecule has 1 saturated heterocycles. The molecule has 3 aliphatic rings. The van der Waals surface area contributed by atoms with Gasteiger partial charge in [-0.15, -0.1) is 0 Å². The van der Waals surface area contributed by atoms with Crippen molar-refractivity contribution in [3.8, 4) is 0 Å². The first-order valence-corrected chi connectivity index (χ1v) is 18.3. The normalized spacial score (nSPS) is 23.7. The topological polar surface area (TPSA) is 58.1 Å². The molecule has 1 aliphatic carbocycles. The number of carbonyl (C=O) groups excluding carboxylic acids is 1. The maximum atomic E-state index is 14.5. The summed E-state index contributed by atoms with van der Waals surface area (Å²) < 4.78 is 52.4. The molecule has 2 aromatic carbocycles. The zero-order chi connectivity index (χ0) is 36.0. The van der Waals surface area contributed by atoms with E-state index in [9.17, 15) is 18.0 Å². The smallest absolute Gasteiger partial charge is 0.379 e. The second-order valence-corrected chi connectivity index (χ2v) is 14.6. The van der Waals surface area contributed by atoms with Crippen LogP contribution in [-0.2, 0) is 46.5 Å². The van der Waals surface area contributed by atoms with Crippen LogP contribution in [0.1, 0.15) is 61.1 Å². The molecule has 10 heteroatoms. The van der Waals surface area contributed by atoms with Gasteiger partial charge in [0.25, 0.3) is 0 Å². The molecule has 274 valence electrons. The van der Waals surface area contributed by atoms with Crippen LogP contribution in [-0.4, -0.2) is 83.7 Å². The van der Waals surface area contributed by atoms with Crippen LogP contribution in [0.5, 0.6) is 0 Å². The molecule has 0 bridgehead atoms. The Hall–Kier alpha value is -3.57. The summed E-state index contributed by atoms with van der Waals surface area (Å²) in [7, 11) is 1.74. The van der Waals surface area contributed by atoms with E-state index in [4.69, 9.17) is 9.47 Å². The van der Waals surface area contributed by atoms with Crippen molar-refractivity contribution in [2.45, 2.75) is 83.5 Å². The first-order chi connectivity index (χ1) is 24.6. The van der Waals surface area contributed by atoms with Crippen molar-refractivity contribution in [2.75, 3.05) is 40.0 Å². The molecule has 4 atom stereocenters. The molecular formula is C41H51F3N4O3. The summed E-state index contributed by atoms with van der Waals surface area (Å²) in [6, 6.07) is 22.4. The molecule has 51 heavy (non-hydrogen) atoms. The van der Waals surface area contributed by atoms with Crippen molar-refractivity contribution >= 4 is 5.91 Å². The summed E-state index contributed by atoms with van der Waals surface area (Å²) in [6.45, 7) is 9.32. The van der Waals surface area contributed by atoms with E-state index in [2.05, 4.69) is 89.3 Å². The Morgan fingerprint density at radius 1 is 1.06 bits per heavy atom. The quantitative estimate of drug-likeness (QED) is 0.176. The largest absolute Gasteiger partial charge is 0.417 e. The lowest BCUT2D eigenvalue weighted by Gasteiger charge is -2.44. The summed E-state index contributed by atoms with van der Waals surface area (Å²) in [5.41, 5.74) is 2.12. The molecule has 3 aromatic rings. The highest BCUT2D eigenvalue weighted by Crippen LogP contribution is 2.44. The maximum Gasteiger partial charge on any atom is 0.417 e. The number of hydrogen-bond acceptors (Lipinski definition) is 6. The van der Waals surface area contributed by atoms with Crippen molar-refractivity contribution < 1.29 is 27.4 Å². The first-order valence-electron chi connectivity index (χ1n) is 18.3. The number of rotatable bonds is 13. The third-order valence-electron chi connectivity index (χ3n) is 11.1. The standard InChI is InChI=1S/C41H51F3N4O3/c1-30(2)40(39(49)47-21-16-36-33(28-47)23-34(25-45-36)41(42,43)44)18-15-35(24-40)48(37-17-22-51-29-38(37)50-3)20-10-19-46(26-31-11-6-4-7-12-31)27-32-13-8-5-9-14-32/h4-9,11-15,18,23,25,30,35,37-38H,10,16-17,19-22,24,26-29H2,1-3H3/t35-,37-,38+,40-/m0/s1. The van der Waals surface area contributed by atoms with Crippen LogP contribution in [0.15, 0.2) is 85.1 Å². The molecule has 0 N–H and O–H groups in total. The predicted octanol–water partition coefficient (Wildman–Crippen LogP) is 7.15. The van der Waals surface area contributed by atoms with Crippen LogP contribution in [0, 0.1) is 11.3 Å². The molecule has 1 amide bonds. The predicted molar refractivity (Wildman–Crippen MR) is 192 cm³/mol. The van der Waals surface area contributed by atoms with E-state index < -0.39 is 17.2 Å². The molecule has 2 aliphatic heterocycles. The average Bonchev–Trinajstić information content (AvgIpc) is 3.60. The van der Waals surface area contributed by atoms with Crippen molar-refractivity contribution in [3.05, 3.63) is 113 Å². The van der Waals surface area contributed by atoms with Gasteiger partial charge in [-0.25, -0.2) is 0 Å². The molecule has 0 saturated carbocycles. The zero-order valence-electron chi connectivity index (χ0n) is 30.0. The van der Waals surface area contributed by atoms with Crippen LogP contribution in [0.3, 0.4) is 0 Å². The molecule has 0 spiro atoms. The number of benzene rings is 2. The Bertz CT molecular complexity index is 1580. The minimum atomic E-state index is -4.48. The molecule has 3 heterocycles. The van der Waals surface area contributed by atoms with E-state index in [1.165, 1.54) is 11.1 Å². The van der Waals surface area contributed by atoms with Crippen LogP contribution < -0.4 is 0 Å². The summed E-state index contributed by atoms with van der Waals surface area (Å²) in [6.07, 6.45) is 3.43. The third-order valence-corrected chi connectivity index (χ3v) is 11.1. The number of halogens is 3. The van der Waals surface area contributed by atoms with E-state index >= 15 is 0 Å². The van der Waals surface area contributed by atoms with Crippen LogP contribution in [0.4, 0.5) is 13.2 Å². The minimum absolute atomic E-state index is 0.00405. The minimum Gasteiger partial charge on any atom is -0.379 e. The maximum absolute atomic E-state index is 14.5. The van der Waals surface area contributed by atoms with Crippen molar-refractivity contribution in [2.24, 2.45) is 11.3 Å². The fraction of sp³-hybridized carbons (Fsp3) is 0.512. The van der Waals surface area contributed by atoms with Crippen LogP contribution >= 0.6 is 0 Å². The highest BCUT2D eigenvalue weighted by atomic mass is 19.4. The highest BCUT2D eigenvalue weighted by Gasteiger charge is 2.49. The van der Waals surface area contributed by atoms with Gasteiger partial charge >= 0.3 is 6.18 Å². The number of alkyl halides is 3. The van der Waals surface area contributed by atoms with Crippen LogP contribution in [0.25, 0.3) is 0 Å². The Morgan fingerprint density at radius 2 is 1.75 bits per heavy atom. The lowest BCUT2D eigenvalue weighted by Crippen LogP contribution is -2.55. The Labute approximate surface area is 300 Å². The third kappa shape index (κ3) is 8.74. The number of hydrogen-bond donors (Lipinski definition) is 0. The molecule has 6 rings (SSSR count). The second-order valence-electron chi connectivity index (χ2n) is 14.6. The molecule has 1 fully saturated rings.